The van der Waals surface area contributed by atoms with Gasteiger partial charge in [-0.1, -0.05) is 0 Å². The molecule has 0 aromatic rings. The zero-order chi connectivity index (χ0) is 4.83. The number of carbonyl (C=O) groups excluding carboxylic acids is 1. The Balaban J connectivity index is 2.49. The van der Waals surface area contributed by atoms with Gasteiger partial charge in [0, 0.05) is 0 Å². The molecule has 0 saturated carbocycles. The van der Waals surface area contributed by atoms with Crippen molar-refractivity contribution in [2.45, 2.75) is 6.42 Å². The summed E-state index contributed by atoms with van der Waals surface area (Å²) in [5.74, 6) is 0. The molecule has 0 saturated heterocycles. The quantitative estimate of drug-likeness (QED) is 0.291. The highest BCUT2D eigenvalue weighted by atomic mass is 16.1. The van der Waals surface area contributed by atoms with Crippen molar-refractivity contribution >= 4 is 6.41 Å². The summed E-state index contributed by atoms with van der Waals surface area (Å²) in [6.45, 7) is 4.19. The third-order valence-corrected chi connectivity index (χ3v) is 0.404. The summed E-state index contributed by atoms with van der Waals surface area (Å²) < 4.78 is 0. The average Bonchev–Trinajstić information content (AvgIpc) is 1.61. The summed E-state index contributed by atoms with van der Waals surface area (Å²) >= 11 is 0. The van der Waals surface area contributed by atoms with E-state index in [-0.39, 0.29) is 0 Å². The Morgan fingerprint density at radius 1 is 1.83 bits per heavy atom. The van der Waals surface area contributed by atoms with Crippen molar-refractivity contribution in [1.82, 2.24) is 5.32 Å². The SMILES string of the molecule is [CH2+]CCNC=O. The molecule has 0 spiro atoms. The summed E-state index contributed by atoms with van der Waals surface area (Å²) in [7, 11) is 0. The van der Waals surface area contributed by atoms with E-state index >= 15 is 0 Å². The third-order valence-electron chi connectivity index (χ3n) is 0.404. The second kappa shape index (κ2) is 4.34. The zero-order valence-corrected chi connectivity index (χ0v) is 3.61. The fraction of sp³-hybridized carbons (Fsp3) is 0.500. The van der Waals surface area contributed by atoms with Crippen LogP contribution in [0.1, 0.15) is 6.42 Å². The maximum atomic E-state index is 9.42. The van der Waals surface area contributed by atoms with Gasteiger partial charge in [-0.3, -0.25) is 4.79 Å². The van der Waals surface area contributed by atoms with Crippen molar-refractivity contribution in [3.63, 3.8) is 0 Å². The van der Waals surface area contributed by atoms with Gasteiger partial charge in [-0.05, 0) is 0 Å². The van der Waals surface area contributed by atoms with Crippen LogP contribution in [0, 0.1) is 6.92 Å². The molecule has 0 atom stereocenters. The number of amides is 1. The second-order valence-electron chi connectivity index (χ2n) is 0.926. The lowest BCUT2D eigenvalue weighted by Crippen LogP contribution is -2.10. The summed E-state index contributed by atoms with van der Waals surface area (Å²) in [5, 5.41) is 2.45. The maximum absolute atomic E-state index is 9.42. The van der Waals surface area contributed by atoms with E-state index in [9.17, 15) is 4.79 Å². The van der Waals surface area contributed by atoms with E-state index in [4.69, 9.17) is 0 Å². The smallest absolute Gasteiger partial charge is 0.207 e. The minimum absolute atomic E-state index is 0.672. The Bertz CT molecular complexity index is 36.5. The van der Waals surface area contributed by atoms with Crippen molar-refractivity contribution < 1.29 is 4.79 Å². The first kappa shape index (κ1) is 5.34. The Kier molecular flexibility index (Phi) is 3.86. The van der Waals surface area contributed by atoms with Gasteiger partial charge in [0.15, 0.2) is 0 Å². The molecule has 0 rings (SSSR count). The van der Waals surface area contributed by atoms with E-state index < -0.39 is 0 Å². The standard InChI is InChI=1S/C4H7NO/c1-2-3-5-4-6/h4H,1-3H2/p+1. The minimum Gasteiger partial charge on any atom is -0.354 e. The molecule has 0 aliphatic carbocycles. The lowest BCUT2D eigenvalue weighted by atomic mass is 10.5. The van der Waals surface area contributed by atoms with Crippen molar-refractivity contribution in [3.8, 4) is 0 Å². The first-order valence-corrected chi connectivity index (χ1v) is 1.88. The van der Waals surface area contributed by atoms with Crippen LogP contribution in [0.3, 0.4) is 0 Å². The van der Waals surface area contributed by atoms with Gasteiger partial charge in [0.1, 0.15) is 6.42 Å². The molecule has 0 aromatic heterocycles. The molecular formula is C4H8NO+. The van der Waals surface area contributed by atoms with Crippen LogP contribution in [-0.4, -0.2) is 13.0 Å². The van der Waals surface area contributed by atoms with Gasteiger partial charge in [0.05, 0.1) is 13.5 Å². The summed E-state index contributed by atoms with van der Waals surface area (Å²) in [5.41, 5.74) is 0. The molecule has 0 bridgehead atoms. The van der Waals surface area contributed by atoms with Crippen LogP contribution in [0.15, 0.2) is 0 Å². The van der Waals surface area contributed by atoms with E-state index in [2.05, 4.69) is 12.2 Å². The van der Waals surface area contributed by atoms with Crippen molar-refractivity contribution in [3.05, 3.63) is 6.92 Å². The van der Waals surface area contributed by atoms with Crippen LogP contribution in [0.25, 0.3) is 0 Å². The summed E-state index contributed by atoms with van der Waals surface area (Å²) in [4.78, 5) is 9.42. The van der Waals surface area contributed by atoms with Crippen LogP contribution < -0.4 is 5.32 Å². The highest BCUT2D eigenvalue weighted by molar-refractivity contribution is 5.45. The van der Waals surface area contributed by atoms with Crippen LogP contribution in [-0.2, 0) is 4.79 Å². The topological polar surface area (TPSA) is 29.1 Å². The largest absolute Gasteiger partial charge is 0.354 e. The second-order valence-corrected chi connectivity index (χ2v) is 0.926. The molecule has 0 aliphatic heterocycles. The van der Waals surface area contributed by atoms with Crippen LogP contribution in [0.5, 0.6) is 0 Å². The van der Waals surface area contributed by atoms with Gasteiger partial charge in [-0.15, -0.1) is 0 Å². The van der Waals surface area contributed by atoms with Gasteiger partial charge in [0.2, 0.25) is 6.41 Å². The predicted octanol–water partition coefficient (Wildman–Crippen LogP) is -0.0434. The molecule has 6 heavy (non-hydrogen) atoms. The van der Waals surface area contributed by atoms with E-state index in [1.54, 1.807) is 0 Å². The van der Waals surface area contributed by atoms with Crippen LogP contribution >= 0.6 is 0 Å². The highest BCUT2D eigenvalue weighted by Crippen LogP contribution is 1.61. The number of carbonyl (C=O) groups is 1. The fourth-order valence-electron chi connectivity index (χ4n) is 0.161. The van der Waals surface area contributed by atoms with E-state index in [0.717, 1.165) is 6.42 Å². The Labute approximate surface area is 37.5 Å². The molecule has 0 radical (unpaired) electrons. The third kappa shape index (κ3) is 3.34. The van der Waals surface area contributed by atoms with E-state index in [0.29, 0.717) is 13.0 Å². The summed E-state index contributed by atoms with van der Waals surface area (Å²) in [6, 6.07) is 0. The van der Waals surface area contributed by atoms with E-state index in [1.807, 2.05) is 0 Å². The predicted molar refractivity (Wildman–Crippen MR) is 24.0 cm³/mol. The van der Waals surface area contributed by atoms with Gasteiger partial charge in [-0.25, -0.2) is 0 Å². The molecule has 0 unspecified atom stereocenters. The monoisotopic (exact) mass is 86.1 g/mol. The number of hydrogen-bond donors (Lipinski definition) is 1. The lowest BCUT2D eigenvalue weighted by Gasteiger charge is -1.81. The summed E-state index contributed by atoms with van der Waals surface area (Å²) in [6.07, 6.45) is 1.43. The molecule has 0 aliphatic rings. The molecule has 2 heteroatoms. The molecule has 0 heterocycles. The van der Waals surface area contributed by atoms with E-state index in [1.165, 1.54) is 0 Å². The van der Waals surface area contributed by atoms with Crippen LogP contribution in [0.2, 0.25) is 0 Å². The number of hydrogen-bond acceptors (Lipinski definition) is 1. The highest BCUT2D eigenvalue weighted by Gasteiger charge is 1.75. The molecule has 1 amide bonds. The normalized spacial score (nSPS) is 7.33. The molecule has 2 nitrogen and oxygen atoms in total. The maximum Gasteiger partial charge on any atom is 0.207 e. The minimum atomic E-state index is 0.672. The molecule has 1 N–H and O–H groups in total. The molecule has 0 fully saturated rings. The zero-order valence-electron chi connectivity index (χ0n) is 3.61. The first-order valence-electron chi connectivity index (χ1n) is 1.88. The Morgan fingerprint density at radius 2 is 2.50 bits per heavy atom. The van der Waals surface area contributed by atoms with Crippen LogP contribution in [0.4, 0.5) is 0 Å². The molecule has 0 aromatic carbocycles. The van der Waals surface area contributed by atoms with Gasteiger partial charge >= 0.3 is 0 Å². The average molecular weight is 86.1 g/mol. The number of rotatable bonds is 3. The number of nitrogens with one attached hydrogen (secondary N) is 1. The van der Waals surface area contributed by atoms with Gasteiger partial charge < -0.3 is 5.32 Å². The lowest BCUT2D eigenvalue weighted by molar-refractivity contribution is -0.109. The fourth-order valence-corrected chi connectivity index (χ4v) is 0.161. The first-order chi connectivity index (χ1) is 2.91. The van der Waals surface area contributed by atoms with Crippen molar-refractivity contribution in [2.75, 3.05) is 6.54 Å². The Hall–Kier alpha value is -0.660. The Morgan fingerprint density at radius 3 is 2.67 bits per heavy atom. The van der Waals surface area contributed by atoms with Gasteiger partial charge in [0.25, 0.3) is 0 Å². The van der Waals surface area contributed by atoms with Crippen molar-refractivity contribution in [2.24, 2.45) is 0 Å². The molecule has 34 valence electrons. The van der Waals surface area contributed by atoms with Crippen molar-refractivity contribution in [1.29, 1.82) is 0 Å². The van der Waals surface area contributed by atoms with Gasteiger partial charge in [-0.2, -0.15) is 0 Å². The molecular weight excluding hydrogens is 78.0 g/mol.